The van der Waals surface area contributed by atoms with Crippen molar-refractivity contribution in [1.82, 2.24) is 18.8 Å². The largest absolute Gasteiger partial charge is 0.306 e. The minimum absolute atomic E-state index is 0.345. The zero-order chi connectivity index (χ0) is 35.9. The minimum atomic E-state index is 0.345. The maximum absolute atomic E-state index is 11.2. The summed E-state index contributed by atoms with van der Waals surface area (Å²) in [4.78, 5) is 10.1. The third-order valence-corrected chi connectivity index (χ3v) is 10.7. The fraction of sp³-hybridized carbons (Fsp3) is 0. The molecule has 11 rings (SSSR count). The first-order chi connectivity index (χ1) is 26.7. The summed E-state index contributed by atoms with van der Waals surface area (Å²) >= 11 is 0. The molecule has 0 saturated carbocycles. The molecule has 0 radical (unpaired) electrons. The van der Waals surface area contributed by atoms with Crippen molar-refractivity contribution in [3.05, 3.63) is 169 Å². The van der Waals surface area contributed by atoms with E-state index >= 15 is 0 Å². The summed E-state index contributed by atoms with van der Waals surface area (Å²) in [6.45, 7) is 0. The summed E-state index contributed by atoms with van der Waals surface area (Å²) < 4.78 is 4.57. The van der Waals surface area contributed by atoms with Crippen LogP contribution < -0.4 is 0 Å². The second-order valence-corrected chi connectivity index (χ2v) is 13.6. The zero-order valence-corrected chi connectivity index (χ0v) is 28.7. The number of fused-ring (bicyclic) bond motifs is 10. The lowest BCUT2D eigenvalue weighted by atomic mass is 9.98. The van der Waals surface area contributed by atoms with E-state index < -0.39 is 0 Å². The Morgan fingerprint density at radius 2 is 0.870 bits per heavy atom. The zero-order valence-electron chi connectivity index (χ0n) is 28.7. The number of benzene rings is 7. The van der Waals surface area contributed by atoms with Gasteiger partial charge in [-0.25, -0.2) is 9.97 Å². The molecule has 0 atom stereocenters. The number of rotatable bonds is 3. The predicted octanol–water partition coefficient (Wildman–Crippen LogP) is 11.5. The van der Waals surface area contributed by atoms with E-state index in [-0.39, 0.29) is 0 Å². The fourth-order valence-corrected chi connectivity index (χ4v) is 8.50. The Kier molecular flexibility index (Phi) is 6.28. The summed E-state index contributed by atoms with van der Waals surface area (Å²) in [5.74, 6) is 0.500. The molecule has 0 spiro atoms. The van der Waals surface area contributed by atoms with Gasteiger partial charge in [0.1, 0.15) is 17.7 Å². The van der Waals surface area contributed by atoms with Crippen LogP contribution in [0.1, 0.15) is 11.1 Å². The molecule has 0 fully saturated rings. The van der Waals surface area contributed by atoms with Crippen molar-refractivity contribution in [3.8, 4) is 46.0 Å². The quantitative estimate of drug-likeness (QED) is 0.185. The molecule has 4 heterocycles. The van der Waals surface area contributed by atoms with Crippen molar-refractivity contribution in [3.63, 3.8) is 0 Å². The highest BCUT2D eigenvalue weighted by Gasteiger charge is 2.24. The van der Waals surface area contributed by atoms with E-state index in [1.807, 2.05) is 66.7 Å². The van der Waals surface area contributed by atoms with Crippen LogP contribution in [0.3, 0.4) is 0 Å². The van der Waals surface area contributed by atoms with Crippen molar-refractivity contribution >= 4 is 65.4 Å². The van der Waals surface area contributed by atoms with Gasteiger partial charge in [0.05, 0.1) is 50.1 Å². The Bertz CT molecular complexity index is 3450. The van der Waals surface area contributed by atoms with E-state index in [1.54, 1.807) is 0 Å². The van der Waals surface area contributed by atoms with Gasteiger partial charge in [-0.15, -0.1) is 0 Å². The Hall–Kier alpha value is -7.80. The van der Waals surface area contributed by atoms with Crippen LogP contribution in [0.25, 0.3) is 99.3 Å². The molecular formula is C48H26N6. The summed E-state index contributed by atoms with van der Waals surface area (Å²) in [6, 6.07) is 58.5. The highest BCUT2D eigenvalue weighted by molar-refractivity contribution is 6.25. The van der Waals surface area contributed by atoms with E-state index in [9.17, 15) is 10.5 Å². The van der Waals surface area contributed by atoms with Gasteiger partial charge in [0.25, 0.3) is 0 Å². The predicted molar refractivity (Wildman–Crippen MR) is 217 cm³/mol. The molecule has 11 aromatic rings. The van der Waals surface area contributed by atoms with E-state index in [2.05, 4.69) is 112 Å². The van der Waals surface area contributed by atoms with Crippen LogP contribution in [0.15, 0.2) is 158 Å². The molecule has 0 unspecified atom stereocenters. The van der Waals surface area contributed by atoms with Crippen LogP contribution >= 0.6 is 0 Å². The fourth-order valence-electron chi connectivity index (χ4n) is 8.50. The molecular weight excluding hydrogens is 661 g/mol. The second kappa shape index (κ2) is 11.4. The van der Waals surface area contributed by atoms with Crippen molar-refractivity contribution in [2.24, 2.45) is 0 Å². The molecule has 0 N–H and O–H groups in total. The molecule has 0 amide bonds. The molecule has 0 aliphatic rings. The molecule has 0 saturated heterocycles. The topological polar surface area (TPSA) is 82.2 Å². The van der Waals surface area contributed by atoms with Gasteiger partial charge in [-0.3, -0.25) is 0 Å². The van der Waals surface area contributed by atoms with Crippen LogP contribution in [0.2, 0.25) is 0 Å². The SMILES string of the molecule is N#Cc1c(-c2ccccc2)nc(-c2ccccc2)nc1-c1cc(C#N)c2c(c1)n1c3ccccc3c3cccc(c4cccc5c6ccccc6n2c54)c31. The Balaban J connectivity index is 1.41. The Morgan fingerprint density at radius 1 is 0.389 bits per heavy atom. The Morgan fingerprint density at radius 3 is 1.46 bits per heavy atom. The summed E-state index contributed by atoms with van der Waals surface area (Å²) in [7, 11) is 0. The number of nitrogens with zero attached hydrogens (tertiary/aromatic N) is 6. The van der Waals surface area contributed by atoms with Gasteiger partial charge >= 0.3 is 0 Å². The summed E-state index contributed by atoms with van der Waals surface area (Å²) in [5.41, 5.74) is 9.85. The standard InChI is InChI=1S/C48H26N6/c49-27-32-25-31(44-39(28-50)43(29-13-3-1-4-14-29)51-48(52-44)30-15-5-2-6-16-30)26-42-45(32)54-41-24-10-8-18-34(41)36-20-12-22-38(47(36)54)37-21-11-19-35-33-17-7-9-23-40(33)53(42)46(35)37/h1-26H. The van der Waals surface area contributed by atoms with Crippen LogP contribution in [-0.4, -0.2) is 18.8 Å². The van der Waals surface area contributed by atoms with Gasteiger partial charge in [-0.05, 0) is 24.3 Å². The molecule has 6 heteroatoms. The highest BCUT2D eigenvalue weighted by atomic mass is 15.0. The van der Waals surface area contributed by atoms with Crippen molar-refractivity contribution < 1.29 is 0 Å². The second-order valence-electron chi connectivity index (χ2n) is 13.6. The lowest BCUT2D eigenvalue weighted by molar-refractivity contribution is 1.17. The molecule has 0 bridgehead atoms. The molecule has 0 aliphatic carbocycles. The van der Waals surface area contributed by atoms with Crippen molar-refractivity contribution in [2.45, 2.75) is 0 Å². The molecule has 54 heavy (non-hydrogen) atoms. The van der Waals surface area contributed by atoms with Gasteiger partial charge in [-0.2, -0.15) is 10.5 Å². The first-order valence-corrected chi connectivity index (χ1v) is 17.8. The molecule has 4 aromatic heterocycles. The van der Waals surface area contributed by atoms with Crippen LogP contribution in [0.4, 0.5) is 0 Å². The first kappa shape index (κ1) is 29.9. The smallest absolute Gasteiger partial charge is 0.160 e. The maximum Gasteiger partial charge on any atom is 0.160 e. The number of hydrogen-bond acceptors (Lipinski definition) is 4. The average Bonchev–Trinajstić information content (AvgIpc) is 3.76. The monoisotopic (exact) mass is 686 g/mol. The van der Waals surface area contributed by atoms with E-state index in [4.69, 9.17) is 9.97 Å². The average molecular weight is 687 g/mol. The number of aromatic nitrogens is 4. The Labute approximate surface area is 308 Å². The van der Waals surface area contributed by atoms with E-state index in [0.717, 1.165) is 76.5 Å². The third-order valence-electron chi connectivity index (χ3n) is 10.7. The maximum atomic E-state index is 11.2. The molecule has 248 valence electrons. The van der Waals surface area contributed by atoms with E-state index in [0.29, 0.717) is 33.9 Å². The normalized spacial score (nSPS) is 11.7. The lowest BCUT2D eigenvalue weighted by Gasteiger charge is -2.15. The molecule has 0 aliphatic heterocycles. The van der Waals surface area contributed by atoms with E-state index in [1.165, 1.54) is 0 Å². The highest BCUT2D eigenvalue weighted by Crippen LogP contribution is 2.42. The number of hydrogen-bond donors (Lipinski definition) is 0. The summed E-state index contributed by atoms with van der Waals surface area (Å²) in [6.07, 6.45) is 0. The lowest BCUT2D eigenvalue weighted by Crippen LogP contribution is -2.03. The minimum Gasteiger partial charge on any atom is -0.306 e. The number of nitriles is 2. The van der Waals surface area contributed by atoms with Crippen molar-refractivity contribution in [2.75, 3.05) is 0 Å². The molecule has 6 nitrogen and oxygen atoms in total. The summed E-state index contributed by atoms with van der Waals surface area (Å²) in [5, 5.41) is 28.8. The van der Waals surface area contributed by atoms with Gasteiger partial charge in [0.2, 0.25) is 0 Å². The van der Waals surface area contributed by atoms with Gasteiger partial charge in [-0.1, -0.05) is 133 Å². The van der Waals surface area contributed by atoms with Crippen LogP contribution in [0, 0.1) is 22.7 Å². The van der Waals surface area contributed by atoms with Crippen LogP contribution in [-0.2, 0) is 0 Å². The van der Waals surface area contributed by atoms with Gasteiger partial charge in [0.15, 0.2) is 5.82 Å². The van der Waals surface area contributed by atoms with Gasteiger partial charge < -0.3 is 8.80 Å². The first-order valence-electron chi connectivity index (χ1n) is 17.8. The van der Waals surface area contributed by atoms with Crippen LogP contribution in [0.5, 0.6) is 0 Å². The number of para-hydroxylation sites is 4. The van der Waals surface area contributed by atoms with Gasteiger partial charge in [0, 0.05) is 49.0 Å². The molecule has 7 aromatic carbocycles. The third kappa shape index (κ3) is 4.08. The van der Waals surface area contributed by atoms with Crippen molar-refractivity contribution in [1.29, 1.82) is 10.5 Å².